The molecule has 0 saturated carbocycles. The summed E-state index contributed by atoms with van der Waals surface area (Å²) in [5, 5.41) is 20.7. The lowest BCUT2D eigenvalue weighted by Gasteiger charge is -2.19. The highest BCUT2D eigenvalue weighted by molar-refractivity contribution is 5.95. The number of phenolic OH excluding ortho intramolecular Hbond substituents is 2. The van der Waals surface area contributed by atoms with Crippen molar-refractivity contribution in [1.29, 1.82) is 0 Å². The number of hydrogen-bond acceptors (Lipinski definition) is 2. The summed E-state index contributed by atoms with van der Waals surface area (Å²) in [4.78, 5) is 0. The SMILES string of the molecule is Cc1c(O)cccc1-c1ccc2c(c1-c1cccc(O)c1C)Cc1ccccc1-2. The van der Waals surface area contributed by atoms with Gasteiger partial charge in [0.05, 0.1) is 0 Å². The van der Waals surface area contributed by atoms with Crippen LogP contribution in [0.3, 0.4) is 0 Å². The summed E-state index contributed by atoms with van der Waals surface area (Å²) < 4.78 is 0. The van der Waals surface area contributed by atoms with Crippen molar-refractivity contribution in [2.24, 2.45) is 0 Å². The molecular formula is C27H22O2. The molecule has 0 saturated heterocycles. The summed E-state index contributed by atoms with van der Waals surface area (Å²) in [6.45, 7) is 3.91. The Morgan fingerprint density at radius 3 is 1.90 bits per heavy atom. The molecule has 2 nitrogen and oxygen atoms in total. The Labute approximate surface area is 170 Å². The van der Waals surface area contributed by atoms with Gasteiger partial charge in [0.15, 0.2) is 0 Å². The summed E-state index contributed by atoms with van der Waals surface area (Å²) in [6, 6.07) is 24.3. The molecule has 0 heterocycles. The van der Waals surface area contributed by atoms with Gasteiger partial charge in [0.2, 0.25) is 0 Å². The third-order valence-corrected chi connectivity index (χ3v) is 6.16. The maximum atomic E-state index is 10.4. The van der Waals surface area contributed by atoms with Crippen molar-refractivity contribution in [3.05, 3.63) is 95.1 Å². The van der Waals surface area contributed by atoms with Crippen molar-refractivity contribution in [2.75, 3.05) is 0 Å². The number of benzene rings is 4. The van der Waals surface area contributed by atoms with E-state index < -0.39 is 0 Å². The molecule has 0 unspecified atom stereocenters. The smallest absolute Gasteiger partial charge is 0.119 e. The lowest BCUT2D eigenvalue weighted by atomic mass is 9.85. The van der Waals surface area contributed by atoms with E-state index in [-0.39, 0.29) is 0 Å². The Kier molecular flexibility index (Phi) is 3.95. The summed E-state index contributed by atoms with van der Waals surface area (Å²) >= 11 is 0. The van der Waals surface area contributed by atoms with Gasteiger partial charge in [-0.15, -0.1) is 0 Å². The number of rotatable bonds is 2. The molecule has 1 aliphatic rings. The zero-order chi connectivity index (χ0) is 20.1. The molecule has 5 rings (SSSR count). The van der Waals surface area contributed by atoms with Gasteiger partial charge >= 0.3 is 0 Å². The van der Waals surface area contributed by atoms with Crippen LogP contribution in [0.1, 0.15) is 22.3 Å². The van der Waals surface area contributed by atoms with Crippen LogP contribution in [0, 0.1) is 13.8 Å². The van der Waals surface area contributed by atoms with Gasteiger partial charge < -0.3 is 10.2 Å². The quantitative estimate of drug-likeness (QED) is 0.362. The highest BCUT2D eigenvalue weighted by atomic mass is 16.3. The van der Waals surface area contributed by atoms with Gasteiger partial charge in [-0.3, -0.25) is 0 Å². The van der Waals surface area contributed by atoms with Crippen LogP contribution in [-0.2, 0) is 6.42 Å². The molecule has 0 atom stereocenters. The molecule has 0 amide bonds. The van der Waals surface area contributed by atoms with Gasteiger partial charge in [0, 0.05) is 0 Å². The van der Waals surface area contributed by atoms with E-state index in [1.807, 2.05) is 26.0 Å². The van der Waals surface area contributed by atoms with Crippen molar-refractivity contribution in [3.8, 4) is 44.9 Å². The molecule has 4 aromatic rings. The molecule has 0 aromatic heterocycles. The fourth-order valence-corrected chi connectivity index (χ4v) is 4.55. The molecule has 2 N–H and O–H groups in total. The van der Waals surface area contributed by atoms with E-state index in [1.165, 1.54) is 22.3 Å². The maximum absolute atomic E-state index is 10.4. The fraction of sp³-hybridized carbons (Fsp3) is 0.111. The second-order valence-electron chi connectivity index (χ2n) is 7.75. The lowest BCUT2D eigenvalue weighted by Crippen LogP contribution is -1.96. The van der Waals surface area contributed by atoms with Gasteiger partial charge in [-0.05, 0) is 88.0 Å². The van der Waals surface area contributed by atoms with Crippen LogP contribution < -0.4 is 0 Å². The Morgan fingerprint density at radius 1 is 0.552 bits per heavy atom. The average Bonchev–Trinajstić information content (AvgIpc) is 3.10. The molecule has 29 heavy (non-hydrogen) atoms. The zero-order valence-electron chi connectivity index (χ0n) is 16.5. The minimum absolute atomic E-state index is 0.296. The zero-order valence-corrected chi connectivity index (χ0v) is 16.5. The topological polar surface area (TPSA) is 40.5 Å². The Hall–Kier alpha value is -3.52. The maximum Gasteiger partial charge on any atom is 0.119 e. The predicted octanol–water partition coefficient (Wildman–Crippen LogP) is 6.62. The first-order valence-corrected chi connectivity index (χ1v) is 9.88. The molecule has 142 valence electrons. The van der Waals surface area contributed by atoms with E-state index in [0.717, 1.165) is 39.8 Å². The third kappa shape index (κ3) is 2.64. The summed E-state index contributed by atoms with van der Waals surface area (Å²) in [7, 11) is 0. The van der Waals surface area contributed by atoms with E-state index in [0.29, 0.717) is 11.5 Å². The van der Waals surface area contributed by atoms with Gasteiger partial charge in [0.1, 0.15) is 11.5 Å². The van der Waals surface area contributed by atoms with Crippen molar-refractivity contribution in [3.63, 3.8) is 0 Å². The van der Waals surface area contributed by atoms with Crippen LogP contribution in [0.25, 0.3) is 33.4 Å². The number of hydrogen-bond donors (Lipinski definition) is 2. The average molecular weight is 378 g/mol. The summed E-state index contributed by atoms with van der Waals surface area (Å²) in [6.07, 6.45) is 0.863. The molecule has 0 aliphatic heterocycles. The molecule has 1 aliphatic carbocycles. The second kappa shape index (κ2) is 6.52. The summed E-state index contributed by atoms with van der Waals surface area (Å²) in [5.41, 5.74) is 11.1. The molecule has 0 spiro atoms. The number of aromatic hydroxyl groups is 2. The normalized spacial score (nSPS) is 11.9. The minimum Gasteiger partial charge on any atom is -0.508 e. The molecule has 2 heteroatoms. The standard InChI is InChI=1S/C27H22O2/c1-16-19(9-5-11-25(16)28)23-14-13-22-21-8-4-3-7-18(21)15-24(22)27(23)20-10-6-12-26(29)17(20)2/h3-14,28-29H,15H2,1-2H3. The first-order valence-electron chi connectivity index (χ1n) is 9.88. The Balaban J connectivity index is 1.87. The third-order valence-electron chi connectivity index (χ3n) is 6.16. The van der Waals surface area contributed by atoms with E-state index in [4.69, 9.17) is 0 Å². The van der Waals surface area contributed by atoms with Crippen LogP contribution in [0.4, 0.5) is 0 Å². The van der Waals surface area contributed by atoms with E-state index >= 15 is 0 Å². The van der Waals surface area contributed by atoms with Crippen molar-refractivity contribution < 1.29 is 10.2 Å². The first-order chi connectivity index (χ1) is 14.1. The van der Waals surface area contributed by atoms with Crippen LogP contribution in [0.15, 0.2) is 72.8 Å². The van der Waals surface area contributed by atoms with E-state index in [2.05, 4.69) is 48.5 Å². The van der Waals surface area contributed by atoms with E-state index in [9.17, 15) is 10.2 Å². The van der Waals surface area contributed by atoms with Crippen molar-refractivity contribution >= 4 is 0 Å². The Morgan fingerprint density at radius 2 is 1.14 bits per heavy atom. The van der Waals surface area contributed by atoms with Gasteiger partial charge in [-0.1, -0.05) is 60.7 Å². The predicted molar refractivity (Wildman–Crippen MR) is 118 cm³/mol. The highest BCUT2D eigenvalue weighted by Gasteiger charge is 2.25. The molecule has 0 fully saturated rings. The van der Waals surface area contributed by atoms with Crippen LogP contribution in [-0.4, -0.2) is 10.2 Å². The van der Waals surface area contributed by atoms with Crippen LogP contribution in [0.2, 0.25) is 0 Å². The minimum atomic E-state index is 0.296. The number of phenols is 2. The molecular weight excluding hydrogens is 356 g/mol. The second-order valence-corrected chi connectivity index (χ2v) is 7.75. The molecule has 0 bridgehead atoms. The van der Waals surface area contributed by atoms with Gasteiger partial charge in [-0.25, -0.2) is 0 Å². The largest absolute Gasteiger partial charge is 0.508 e. The van der Waals surface area contributed by atoms with Crippen molar-refractivity contribution in [2.45, 2.75) is 20.3 Å². The Bertz CT molecular complexity index is 1270. The van der Waals surface area contributed by atoms with Crippen LogP contribution >= 0.6 is 0 Å². The monoisotopic (exact) mass is 378 g/mol. The fourth-order valence-electron chi connectivity index (χ4n) is 4.55. The lowest BCUT2D eigenvalue weighted by molar-refractivity contribution is 0.471. The van der Waals surface area contributed by atoms with E-state index in [1.54, 1.807) is 12.1 Å². The first kappa shape index (κ1) is 17.6. The number of fused-ring (bicyclic) bond motifs is 3. The van der Waals surface area contributed by atoms with Crippen LogP contribution in [0.5, 0.6) is 11.5 Å². The van der Waals surface area contributed by atoms with Gasteiger partial charge in [-0.2, -0.15) is 0 Å². The molecule has 0 radical (unpaired) electrons. The molecule has 4 aromatic carbocycles. The van der Waals surface area contributed by atoms with Crippen molar-refractivity contribution in [1.82, 2.24) is 0 Å². The van der Waals surface area contributed by atoms with Gasteiger partial charge in [0.25, 0.3) is 0 Å². The highest BCUT2D eigenvalue weighted by Crippen LogP contribution is 2.48. The summed E-state index contributed by atoms with van der Waals surface area (Å²) in [5.74, 6) is 0.596.